The van der Waals surface area contributed by atoms with Crippen molar-refractivity contribution in [3.8, 4) is 0 Å². The SMILES string of the molecule is CCCC(CCl)(CCl)CCCOC. The van der Waals surface area contributed by atoms with Crippen LogP contribution in [0.15, 0.2) is 0 Å². The zero-order valence-corrected chi connectivity index (χ0v) is 10.1. The van der Waals surface area contributed by atoms with E-state index < -0.39 is 0 Å². The van der Waals surface area contributed by atoms with Gasteiger partial charge < -0.3 is 4.74 Å². The quantitative estimate of drug-likeness (QED) is 0.454. The van der Waals surface area contributed by atoms with Gasteiger partial charge in [0.05, 0.1) is 0 Å². The van der Waals surface area contributed by atoms with E-state index in [-0.39, 0.29) is 5.41 Å². The summed E-state index contributed by atoms with van der Waals surface area (Å²) in [4.78, 5) is 0. The molecule has 0 aromatic heterocycles. The molecule has 0 bridgehead atoms. The number of rotatable bonds is 8. The fourth-order valence-electron chi connectivity index (χ4n) is 1.55. The van der Waals surface area contributed by atoms with Gasteiger partial charge in [0, 0.05) is 25.5 Å². The predicted octanol–water partition coefficient (Wildman–Crippen LogP) is 3.68. The molecular formula is C10H20Cl2O. The Bertz CT molecular complexity index is 113. The largest absolute Gasteiger partial charge is 0.385 e. The molecule has 0 rings (SSSR count). The first-order chi connectivity index (χ1) is 6.24. The molecule has 0 heterocycles. The summed E-state index contributed by atoms with van der Waals surface area (Å²) in [5.41, 5.74) is 0.135. The third-order valence-electron chi connectivity index (χ3n) is 2.40. The normalized spacial score (nSPS) is 12.0. The molecule has 0 saturated heterocycles. The second-order valence-electron chi connectivity index (χ2n) is 3.61. The van der Waals surface area contributed by atoms with Crippen molar-refractivity contribution in [3.63, 3.8) is 0 Å². The average molecular weight is 227 g/mol. The highest BCUT2D eigenvalue weighted by atomic mass is 35.5. The fourth-order valence-corrected chi connectivity index (χ4v) is 2.37. The van der Waals surface area contributed by atoms with Crippen LogP contribution in [0.5, 0.6) is 0 Å². The second kappa shape index (κ2) is 7.90. The van der Waals surface area contributed by atoms with Crippen LogP contribution in [-0.2, 0) is 4.74 Å². The monoisotopic (exact) mass is 226 g/mol. The van der Waals surface area contributed by atoms with Crippen molar-refractivity contribution in [2.24, 2.45) is 5.41 Å². The van der Waals surface area contributed by atoms with Crippen LogP contribution in [-0.4, -0.2) is 25.5 Å². The molecule has 0 aliphatic carbocycles. The van der Waals surface area contributed by atoms with Gasteiger partial charge in [-0.1, -0.05) is 13.3 Å². The Labute approximate surface area is 91.7 Å². The molecule has 0 saturated carbocycles. The Balaban J connectivity index is 3.89. The summed E-state index contributed by atoms with van der Waals surface area (Å²) in [6.45, 7) is 2.98. The number of hydrogen-bond donors (Lipinski definition) is 0. The van der Waals surface area contributed by atoms with Gasteiger partial charge in [0.25, 0.3) is 0 Å². The van der Waals surface area contributed by atoms with Gasteiger partial charge in [-0.05, 0) is 24.7 Å². The molecule has 0 aliphatic rings. The van der Waals surface area contributed by atoms with Gasteiger partial charge in [-0.25, -0.2) is 0 Å². The molecule has 13 heavy (non-hydrogen) atoms. The molecule has 0 N–H and O–H groups in total. The van der Waals surface area contributed by atoms with Gasteiger partial charge in [0.2, 0.25) is 0 Å². The summed E-state index contributed by atoms with van der Waals surface area (Å²) in [6, 6.07) is 0. The van der Waals surface area contributed by atoms with Crippen molar-refractivity contribution < 1.29 is 4.74 Å². The van der Waals surface area contributed by atoms with Gasteiger partial charge in [0.15, 0.2) is 0 Å². The maximum atomic E-state index is 5.96. The molecule has 80 valence electrons. The molecule has 0 aliphatic heterocycles. The summed E-state index contributed by atoms with van der Waals surface area (Å²) < 4.78 is 5.02. The Kier molecular flexibility index (Phi) is 8.23. The maximum absolute atomic E-state index is 5.96. The molecule has 0 amide bonds. The summed E-state index contributed by atoms with van der Waals surface area (Å²) in [5.74, 6) is 1.32. The lowest BCUT2D eigenvalue weighted by Gasteiger charge is -2.29. The molecule has 0 aromatic rings. The minimum Gasteiger partial charge on any atom is -0.385 e. The van der Waals surface area contributed by atoms with E-state index in [0.717, 1.165) is 32.3 Å². The minimum atomic E-state index is 0.135. The lowest BCUT2D eigenvalue weighted by atomic mass is 9.83. The van der Waals surface area contributed by atoms with E-state index in [1.807, 2.05) is 0 Å². The zero-order valence-electron chi connectivity index (χ0n) is 8.61. The van der Waals surface area contributed by atoms with Crippen molar-refractivity contribution in [3.05, 3.63) is 0 Å². The van der Waals surface area contributed by atoms with E-state index in [9.17, 15) is 0 Å². The predicted molar refractivity (Wildman–Crippen MR) is 59.9 cm³/mol. The van der Waals surface area contributed by atoms with Gasteiger partial charge >= 0.3 is 0 Å². The number of alkyl halides is 2. The first-order valence-electron chi connectivity index (χ1n) is 4.85. The van der Waals surface area contributed by atoms with E-state index in [0.29, 0.717) is 11.8 Å². The number of ether oxygens (including phenoxy) is 1. The topological polar surface area (TPSA) is 9.23 Å². The first-order valence-corrected chi connectivity index (χ1v) is 5.92. The number of halogens is 2. The van der Waals surface area contributed by atoms with Crippen LogP contribution in [0.25, 0.3) is 0 Å². The Hall–Kier alpha value is 0.540. The Morgan fingerprint density at radius 3 is 2.15 bits per heavy atom. The second-order valence-corrected chi connectivity index (χ2v) is 4.15. The molecular weight excluding hydrogens is 207 g/mol. The molecule has 0 atom stereocenters. The van der Waals surface area contributed by atoms with Crippen LogP contribution in [0, 0.1) is 5.41 Å². The van der Waals surface area contributed by atoms with Gasteiger partial charge in [-0.3, -0.25) is 0 Å². The van der Waals surface area contributed by atoms with Crippen LogP contribution in [0.2, 0.25) is 0 Å². The smallest absolute Gasteiger partial charge is 0.0462 e. The average Bonchev–Trinajstić information content (AvgIpc) is 2.17. The van der Waals surface area contributed by atoms with Crippen LogP contribution >= 0.6 is 23.2 Å². The molecule has 0 fully saturated rings. The third kappa shape index (κ3) is 5.09. The van der Waals surface area contributed by atoms with Crippen molar-refractivity contribution in [2.45, 2.75) is 32.6 Å². The van der Waals surface area contributed by atoms with E-state index in [2.05, 4.69) is 6.92 Å². The molecule has 0 radical (unpaired) electrons. The maximum Gasteiger partial charge on any atom is 0.0462 e. The van der Waals surface area contributed by atoms with Crippen LogP contribution in [0.4, 0.5) is 0 Å². The van der Waals surface area contributed by atoms with E-state index >= 15 is 0 Å². The molecule has 0 aromatic carbocycles. The zero-order chi connectivity index (χ0) is 10.2. The van der Waals surface area contributed by atoms with Gasteiger partial charge in [-0.2, -0.15) is 0 Å². The lowest BCUT2D eigenvalue weighted by molar-refractivity contribution is 0.174. The molecule has 3 heteroatoms. The Morgan fingerprint density at radius 2 is 1.77 bits per heavy atom. The van der Waals surface area contributed by atoms with E-state index in [1.165, 1.54) is 0 Å². The summed E-state index contributed by atoms with van der Waals surface area (Å²) in [6.07, 6.45) is 4.38. The first kappa shape index (κ1) is 13.5. The van der Waals surface area contributed by atoms with Gasteiger partial charge in [-0.15, -0.1) is 23.2 Å². The Morgan fingerprint density at radius 1 is 1.15 bits per heavy atom. The molecule has 1 nitrogen and oxygen atoms in total. The van der Waals surface area contributed by atoms with Crippen molar-refractivity contribution in [2.75, 3.05) is 25.5 Å². The van der Waals surface area contributed by atoms with Crippen LogP contribution in [0.1, 0.15) is 32.6 Å². The fraction of sp³-hybridized carbons (Fsp3) is 1.00. The van der Waals surface area contributed by atoms with Crippen molar-refractivity contribution >= 4 is 23.2 Å². The summed E-state index contributed by atoms with van der Waals surface area (Å²) in [7, 11) is 1.73. The number of hydrogen-bond acceptors (Lipinski definition) is 1. The van der Waals surface area contributed by atoms with Gasteiger partial charge in [0.1, 0.15) is 0 Å². The summed E-state index contributed by atoms with van der Waals surface area (Å²) in [5, 5.41) is 0. The lowest BCUT2D eigenvalue weighted by Crippen LogP contribution is -2.25. The van der Waals surface area contributed by atoms with E-state index in [4.69, 9.17) is 27.9 Å². The van der Waals surface area contributed by atoms with Crippen molar-refractivity contribution in [1.82, 2.24) is 0 Å². The standard InChI is InChI=1S/C10H20Cl2O/c1-3-5-10(8-11,9-12)6-4-7-13-2/h3-9H2,1-2H3. The highest BCUT2D eigenvalue weighted by Crippen LogP contribution is 2.32. The van der Waals surface area contributed by atoms with Crippen LogP contribution < -0.4 is 0 Å². The molecule has 0 spiro atoms. The third-order valence-corrected chi connectivity index (χ3v) is 3.54. The van der Waals surface area contributed by atoms with Crippen molar-refractivity contribution in [1.29, 1.82) is 0 Å². The highest BCUT2D eigenvalue weighted by Gasteiger charge is 2.26. The number of methoxy groups -OCH3 is 1. The minimum absolute atomic E-state index is 0.135. The highest BCUT2D eigenvalue weighted by molar-refractivity contribution is 6.21. The van der Waals surface area contributed by atoms with E-state index in [1.54, 1.807) is 7.11 Å². The van der Waals surface area contributed by atoms with Crippen LogP contribution in [0.3, 0.4) is 0 Å². The molecule has 0 unspecified atom stereocenters. The summed E-state index contributed by atoms with van der Waals surface area (Å²) >= 11 is 11.9.